The fraction of sp³-hybridized carbons (Fsp3) is 0.588. The van der Waals surface area contributed by atoms with Gasteiger partial charge in [0.05, 0.1) is 0 Å². The van der Waals surface area contributed by atoms with Gasteiger partial charge in [-0.15, -0.1) is 0 Å². The predicted molar refractivity (Wildman–Crippen MR) is 86.0 cm³/mol. The zero-order valence-corrected chi connectivity index (χ0v) is 13.6. The van der Waals surface area contributed by atoms with Crippen LogP contribution in [0.5, 0.6) is 5.75 Å². The van der Waals surface area contributed by atoms with Crippen LogP contribution in [0.25, 0.3) is 0 Å². The van der Waals surface area contributed by atoms with Crippen LogP contribution in [0, 0.1) is 0 Å². The molecule has 1 aromatic rings. The Hall–Kier alpha value is -1.75. The molecule has 22 heavy (non-hydrogen) atoms. The van der Waals surface area contributed by atoms with E-state index in [-0.39, 0.29) is 6.09 Å². The molecule has 1 atom stereocenters. The lowest BCUT2D eigenvalue weighted by molar-refractivity contribution is 0.0291. The molecule has 1 aromatic carbocycles. The van der Waals surface area contributed by atoms with E-state index in [9.17, 15) is 9.90 Å². The number of nitrogens with zero attached hydrogens (tertiary/aromatic N) is 1. The number of benzene rings is 1. The van der Waals surface area contributed by atoms with Gasteiger partial charge in [0.1, 0.15) is 11.4 Å². The van der Waals surface area contributed by atoms with E-state index in [4.69, 9.17) is 4.74 Å². The summed E-state index contributed by atoms with van der Waals surface area (Å²) in [6.07, 6.45) is 1.63. The number of carbonyl (C=O) groups is 1. The average molecular weight is 306 g/mol. The lowest BCUT2D eigenvalue weighted by atomic mass is 10.1. The van der Waals surface area contributed by atoms with E-state index in [0.29, 0.717) is 18.3 Å². The van der Waals surface area contributed by atoms with E-state index in [1.54, 1.807) is 17.0 Å². The number of ether oxygens (including phenoxy) is 1. The summed E-state index contributed by atoms with van der Waals surface area (Å²) < 4.78 is 5.39. The second-order valence-corrected chi connectivity index (χ2v) is 6.78. The third-order valence-corrected chi connectivity index (χ3v) is 3.62. The highest BCUT2D eigenvalue weighted by Crippen LogP contribution is 2.15. The van der Waals surface area contributed by atoms with Crippen LogP contribution in [0.2, 0.25) is 0 Å². The van der Waals surface area contributed by atoms with Crippen LogP contribution < -0.4 is 5.32 Å². The van der Waals surface area contributed by atoms with Gasteiger partial charge in [-0.3, -0.25) is 0 Å². The Morgan fingerprint density at radius 2 is 2.05 bits per heavy atom. The number of rotatable bonds is 4. The van der Waals surface area contributed by atoms with Crippen LogP contribution in [-0.2, 0) is 11.2 Å². The zero-order chi connectivity index (χ0) is 16.2. The summed E-state index contributed by atoms with van der Waals surface area (Å²) in [4.78, 5) is 13.8. The molecular formula is C17H26N2O3. The van der Waals surface area contributed by atoms with E-state index in [0.717, 1.165) is 25.9 Å². The lowest BCUT2D eigenvalue weighted by Crippen LogP contribution is -2.38. The summed E-state index contributed by atoms with van der Waals surface area (Å²) >= 11 is 0. The number of carbonyl (C=O) groups excluding carboxylic acids is 1. The predicted octanol–water partition coefficient (Wildman–Crippen LogP) is 2.53. The number of amides is 1. The molecule has 1 unspecified atom stereocenters. The fourth-order valence-corrected chi connectivity index (χ4v) is 2.50. The molecule has 2 rings (SSSR count). The van der Waals surface area contributed by atoms with Gasteiger partial charge < -0.3 is 20.1 Å². The van der Waals surface area contributed by atoms with Crippen LogP contribution in [0.3, 0.4) is 0 Å². The Balaban J connectivity index is 1.70. The minimum atomic E-state index is -0.443. The van der Waals surface area contributed by atoms with Gasteiger partial charge >= 0.3 is 6.09 Å². The minimum absolute atomic E-state index is 0.227. The number of likely N-dealkylation sites (tertiary alicyclic amines) is 1. The number of phenols is 1. The van der Waals surface area contributed by atoms with Gasteiger partial charge in [0.25, 0.3) is 0 Å². The lowest BCUT2D eigenvalue weighted by Gasteiger charge is -2.24. The molecule has 1 heterocycles. The molecular weight excluding hydrogens is 280 g/mol. The summed E-state index contributed by atoms with van der Waals surface area (Å²) in [5.74, 6) is 0.292. The molecule has 122 valence electrons. The summed E-state index contributed by atoms with van der Waals surface area (Å²) in [5.41, 5.74) is 0.744. The number of phenolic OH excluding ortho intramolecular Hbond substituents is 1. The number of hydrogen-bond donors (Lipinski definition) is 2. The average Bonchev–Trinajstić information content (AvgIpc) is 2.88. The molecule has 0 aliphatic carbocycles. The Labute approximate surface area is 132 Å². The van der Waals surface area contributed by atoms with Crippen molar-refractivity contribution in [3.8, 4) is 5.75 Å². The van der Waals surface area contributed by atoms with Crippen molar-refractivity contribution in [1.82, 2.24) is 10.2 Å². The van der Waals surface area contributed by atoms with E-state index in [1.807, 2.05) is 32.9 Å². The largest absolute Gasteiger partial charge is 0.508 e. The van der Waals surface area contributed by atoms with Gasteiger partial charge in [0, 0.05) is 19.1 Å². The van der Waals surface area contributed by atoms with E-state index >= 15 is 0 Å². The maximum Gasteiger partial charge on any atom is 0.410 e. The molecule has 1 amide bonds. The molecule has 0 radical (unpaired) electrons. The zero-order valence-electron chi connectivity index (χ0n) is 13.6. The maximum atomic E-state index is 12.0. The molecule has 1 aliphatic rings. The molecule has 0 bridgehead atoms. The van der Waals surface area contributed by atoms with Gasteiger partial charge in [-0.25, -0.2) is 4.79 Å². The van der Waals surface area contributed by atoms with E-state index in [2.05, 4.69) is 5.32 Å². The standard InChI is InChI=1S/C17H26N2O3/c1-17(2,3)22-16(21)19-11-9-14(12-19)18-10-8-13-4-6-15(20)7-5-13/h4-7,14,18,20H,8-12H2,1-3H3. The van der Waals surface area contributed by atoms with Crippen molar-refractivity contribution < 1.29 is 14.6 Å². The highest BCUT2D eigenvalue weighted by molar-refractivity contribution is 5.68. The quantitative estimate of drug-likeness (QED) is 0.897. The van der Waals surface area contributed by atoms with Crippen LogP contribution in [-0.4, -0.2) is 47.4 Å². The number of nitrogens with one attached hydrogen (secondary N) is 1. The monoisotopic (exact) mass is 306 g/mol. The molecule has 2 N–H and O–H groups in total. The molecule has 0 aromatic heterocycles. The summed E-state index contributed by atoms with van der Waals surface area (Å²) in [7, 11) is 0. The van der Waals surface area contributed by atoms with Crippen molar-refractivity contribution >= 4 is 6.09 Å². The van der Waals surface area contributed by atoms with Crippen molar-refractivity contribution in [3.63, 3.8) is 0 Å². The van der Waals surface area contributed by atoms with Gasteiger partial charge in [0.2, 0.25) is 0 Å². The normalized spacial score (nSPS) is 18.5. The molecule has 0 saturated carbocycles. The Morgan fingerprint density at radius 1 is 1.36 bits per heavy atom. The molecule has 1 aliphatic heterocycles. The Bertz CT molecular complexity index is 494. The third kappa shape index (κ3) is 5.22. The highest BCUT2D eigenvalue weighted by atomic mass is 16.6. The first-order chi connectivity index (χ1) is 10.3. The van der Waals surface area contributed by atoms with Gasteiger partial charge in [-0.1, -0.05) is 12.1 Å². The molecule has 0 spiro atoms. The molecule has 1 saturated heterocycles. The summed E-state index contributed by atoms with van der Waals surface area (Å²) in [6, 6.07) is 7.59. The van der Waals surface area contributed by atoms with E-state index in [1.165, 1.54) is 5.56 Å². The SMILES string of the molecule is CC(C)(C)OC(=O)N1CCC(NCCc2ccc(O)cc2)C1. The smallest absolute Gasteiger partial charge is 0.410 e. The van der Waals surface area contributed by atoms with Crippen LogP contribution in [0.15, 0.2) is 24.3 Å². The van der Waals surface area contributed by atoms with Crippen molar-refractivity contribution in [3.05, 3.63) is 29.8 Å². The van der Waals surface area contributed by atoms with Crippen molar-refractivity contribution in [2.75, 3.05) is 19.6 Å². The van der Waals surface area contributed by atoms with Crippen molar-refractivity contribution in [2.45, 2.75) is 45.3 Å². The first-order valence-electron chi connectivity index (χ1n) is 7.83. The fourth-order valence-electron chi connectivity index (χ4n) is 2.50. The summed E-state index contributed by atoms with van der Waals surface area (Å²) in [5, 5.41) is 12.7. The number of aromatic hydroxyl groups is 1. The second-order valence-electron chi connectivity index (χ2n) is 6.78. The Morgan fingerprint density at radius 3 is 2.68 bits per heavy atom. The van der Waals surface area contributed by atoms with Crippen LogP contribution in [0.4, 0.5) is 4.79 Å². The first-order valence-corrected chi connectivity index (χ1v) is 7.83. The van der Waals surface area contributed by atoms with E-state index < -0.39 is 5.60 Å². The van der Waals surface area contributed by atoms with Gasteiger partial charge in [-0.05, 0) is 57.9 Å². The highest BCUT2D eigenvalue weighted by Gasteiger charge is 2.29. The number of hydrogen-bond acceptors (Lipinski definition) is 4. The molecule has 5 heteroatoms. The van der Waals surface area contributed by atoms with Crippen molar-refractivity contribution in [1.29, 1.82) is 0 Å². The van der Waals surface area contributed by atoms with Crippen LogP contribution >= 0.6 is 0 Å². The Kier molecular flexibility index (Phi) is 5.29. The maximum absolute atomic E-state index is 12.0. The van der Waals surface area contributed by atoms with Gasteiger partial charge in [0.15, 0.2) is 0 Å². The molecule has 1 fully saturated rings. The third-order valence-electron chi connectivity index (χ3n) is 3.62. The second kappa shape index (κ2) is 7.01. The van der Waals surface area contributed by atoms with Crippen molar-refractivity contribution in [2.24, 2.45) is 0 Å². The first kappa shape index (κ1) is 16.6. The summed E-state index contributed by atoms with van der Waals surface area (Å²) in [6.45, 7) is 7.95. The van der Waals surface area contributed by atoms with Gasteiger partial charge in [-0.2, -0.15) is 0 Å². The minimum Gasteiger partial charge on any atom is -0.508 e. The van der Waals surface area contributed by atoms with Crippen LogP contribution in [0.1, 0.15) is 32.8 Å². The topological polar surface area (TPSA) is 61.8 Å². The molecule has 5 nitrogen and oxygen atoms in total.